The molecule has 0 saturated carbocycles. The Kier molecular flexibility index (Phi) is 3.94. The molecule has 0 spiro atoms. The number of hydrogen-bond donors (Lipinski definition) is 0. The van der Waals surface area contributed by atoms with Crippen LogP contribution in [-0.2, 0) is 13.0 Å². The second-order valence-electron chi connectivity index (χ2n) is 3.58. The van der Waals surface area contributed by atoms with Gasteiger partial charge in [-0.3, -0.25) is 0 Å². The molecule has 0 aliphatic rings. The summed E-state index contributed by atoms with van der Waals surface area (Å²) < 4.78 is 5.66. The summed E-state index contributed by atoms with van der Waals surface area (Å²) >= 11 is 5.98. The molecular formula is C13H13ClN2O. The molecule has 0 unspecified atom stereocenters. The van der Waals surface area contributed by atoms with E-state index in [0.29, 0.717) is 17.6 Å². The molecule has 1 aromatic carbocycles. The van der Waals surface area contributed by atoms with E-state index < -0.39 is 0 Å². The second kappa shape index (κ2) is 5.64. The summed E-state index contributed by atoms with van der Waals surface area (Å²) in [5, 5.41) is 0.463. The Labute approximate surface area is 105 Å². The van der Waals surface area contributed by atoms with Gasteiger partial charge in [0, 0.05) is 0 Å². The van der Waals surface area contributed by atoms with E-state index in [4.69, 9.17) is 16.3 Å². The molecule has 0 bridgehead atoms. The van der Waals surface area contributed by atoms with Gasteiger partial charge in [-0.1, -0.05) is 48.9 Å². The summed E-state index contributed by atoms with van der Waals surface area (Å²) in [5.41, 5.74) is 1.95. The third-order valence-corrected chi connectivity index (χ3v) is 2.75. The van der Waals surface area contributed by atoms with Crippen LogP contribution in [0.5, 0.6) is 5.88 Å². The molecule has 0 atom stereocenters. The van der Waals surface area contributed by atoms with Gasteiger partial charge < -0.3 is 4.74 Å². The van der Waals surface area contributed by atoms with Gasteiger partial charge in [0.05, 0.1) is 5.56 Å². The maximum absolute atomic E-state index is 5.98. The van der Waals surface area contributed by atoms with Gasteiger partial charge in [0.2, 0.25) is 5.88 Å². The van der Waals surface area contributed by atoms with E-state index in [-0.39, 0.29) is 0 Å². The van der Waals surface area contributed by atoms with Crippen molar-refractivity contribution in [3.8, 4) is 5.88 Å². The Bertz CT molecular complexity index is 488. The van der Waals surface area contributed by atoms with E-state index in [1.54, 1.807) is 0 Å². The Balaban J connectivity index is 2.12. The number of halogens is 1. The van der Waals surface area contributed by atoms with Crippen molar-refractivity contribution in [1.82, 2.24) is 9.97 Å². The lowest BCUT2D eigenvalue weighted by molar-refractivity contribution is 0.290. The Morgan fingerprint density at radius 2 is 1.94 bits per heavy atom. The van der Waals surface area contributed by atoms with Gasteiger partial charge in [0.1, 0.15) is 18.1 Å². The van der Waals surface area contributed by atoms with Crippen LogP contribution in [0.2, 0.25) is 5.15 Å². The molecule has 0 aliphatic carbocycles. The summed E-state index contributed by atoms with van der Waals surface area (Å²) in [6.07, 6.45) is 2.17. The first-order chi connectivity index (χ1) is 8.31. The zero-order valence-electron chi connectivity index (χ0n) is 9.56. The lowest BCUT2D eigenvalue weighted by Crippen LogP contribution is -2.01. The summed E-state index contributed by atoms with van der Waals surface area (Å²) in [6, 6.07) is 9.95. The van der Waals surface area contributed by atoms with Crippen LogP contribution in [0, 0.1) is 0 Å². The van der Waals surface area contributed by atoms with Crippen molar-refractivity contribution in [3.05, 3.63) is 52.9 Å². The lowest BCUT2D eigenvalue weighted by Gasteiger charge is -2.09. The zero-order valence-corrected chi connectivity index (χ0v) is 10.3. The first-order valence-electron chi connectivity index (χ1n) is 5.47. The number of aromatic nitrogens is 2. The highest BCUT2D eigenvalue weighted by Gasteiger charge is 2.08. The Morgan fingerprint density at radius 1 is 1.18 bits per heavy atom. The molecule has 0 fully saturated rings. The predicted octanol–water partition coefficient (Wildman–Crippen LogP) is 3.27. The minimum absolute atomic E-state index is 0.463. The van der Waals surface area contributed by atoms with Crippen molar-refractivity contribution in [2.75, 3.05) is 0 Å². The summed E-state index contributed by atoms with van der Waals surface area (Å²) in [4.78, 5) is 8.05. The van der Waals surface area contributed by atoms with Gasteiger partial charge >= 0.3 is 0 Å². The van der Waals surface area contributed by atoms with Crippen molar-refractivity contribution in [1.29, 1.82) is 0 Å². The quantitative estimate of drug-likeness (QED) is 0.779. The summed E-state index contributed by atoms with van der Waals surface area (Å²) in [6.45, 7) is 2.49. The fourth-order valence-corrected chi connectivity index (χ4v) is 1.78. The van der Waals surface area contributed by atoms with Gasteiger partial charge in [-0.15, -0.1) is 0 Å². The van der Waals surface area contributed by atoms with E-state index in [1.165, 1.54) is 6.33 Å². The average Bonchev–Trinajstić information content (AvgIpc) is 2.37. The van der Waals surface area contributed by atoms with Crippen molar-refractivity contribution >= 4 is 11.6 Å². The molecular weight excluding hydrogens is 236 g/mol. The van der Waals surface area contributed by atoms with Crippen LogP contribution in [0.25, 0.3) is 0 Å². The maximum atomic E-state index is 5.98. The van der Waals surface area contributed by atoms with Crippen LogP contribution in [-0.4, -0.2) is 9.97 Å². The fourth-order valence-electron chi connectivity index (χ4n) is 1.52. The number of benzene rings is 1. The molecule has 88 valence electrons. The van der Waals surface area contributed by atoms with Crippen molar-refractivity contribution in [3.63, 3.8) is 0 Å². The van der Waals surface area contributed by atoms with Gasteiger partial charge in [-0.25, -0.2) is 9.97 Å². The Hall–Kier alpha value is -1.61. The fraction of sp³-hybridized carbons (Fsp3) is 0.231. The number of ether oxygens (including phenoxy) is 1. The standard InChI is InChI=1S/C13H13ClN2O/c1-2-11-12(14)15-9-16-13(11)17-8-10-6-4-3-5-7-10/h3-7,9H,2,8H2,1H3. The highest BCUT2D eigenvalue weighted by Crippen LogP contribution is 2.22. The first kappa shape index (κ1) is 11.9. The van der Waals surface area contributed by atoms with Crippen molar-refractivity contribution in [2.45, 2.75) is 20.0 Å². The second-order valence-corrected chi connectivity index (χ2v) is 3.93. The van der Waals surface area contributed by atoms with E-state index in [1.807, 2.05) is 37.3 Å². The van der Waals surface area contributed by atoms with E-state index in [0.717, 1.165) is 17.5 Å². The molecule has 0 amide bonds. The van der Waals surface area contributed by atoms with Crippen LogP contribution in [0.4, 0.5) is 0 Å². The van der Waals surface area contributed by atoms with Crippen LogP contribution in [0.3, 0.4) is 0 Å². The van der Waals surface area contributed by atoms with Crippen LogP contribution in [0.1, 0.15) is 18.1 Å². The van der Waals surface area contributed by atoms with Crippen molar-refractivity contribution in [2.24, 2.45) is 0 Å². The molecule has 2 aromatic rings. The van der Waals surface area contributed by atoms with Crippen LogP contribution < -0.4 is 4.74 Å². The maximum Gasteiger partial charge on any atom is 0.221 e. The smallest absolute Gasteiger partial charge is 0.221 e. The SMILES string of the molecule is CCc1c(Cl)ncnc1OCc1ccccc1. The van der Waals surface area contributed by atoms with Crippen molar-refractivity contribution < 1.29 is 4.74 Å². The van der Waals surface area contributed by atoms with E-state index >= 15 is 0 Å². The summed E-state index contributed by atoms with van der Waals surface area (Å²) in [5.74, 6) is 0.566. The molecule has 0 saturated heterocycles. The normalized spacial score (nSPS) is 10.2. The molecule has 1 heterocycles. The van der Waals surface area contributed by atoms with Gasteiger partial charge in [-0.05, 0) is 12.0 Å². The third-order valence-electron chi connectivity index (χ3n) is 2.43. The minimum atomic E-state index is 0.463. The summed E-state index contributed by atoms with van der Waals surface area (Å²) in [7, 11) is 0. The van der Waals surface area contributed by atoms with Crippen LogP contribution in [0.15, 0.2) is 36.7 Å². The molecule has 2 rings (SSSR count). The minimum Gasteiger partial charge on any atom is -0.472 e. The number of rotatable bonds is 4. The van der Waals surface area contributed by atoms with Crippen LogP contribution >= 0.6 is 11.6 Å². The highest BCUT2D eigenvalue weighted by atomic mass is 35.5. The molecule has 1 aromatic heterocycles. The predicted molar refractivity (Wildman–Crippen MR) is 67.2 cm³/mol. The first-order valence-corrected chi connectivity index (χ1v) is 5.85. The topological polar surface area (TPSA) is 35.0 Å². The highest BCUT2D eigenvalue weighted by molar-refractivity contribution is 6.30. The molecule has 3 nitrogen and oxygen atoms in total. The third kappa shape index (κ3) is 2.94. The largest absolute Gasteiger partial charge is 0.472 e. The van der Waals surface area contributed by atoms with Gasteiger partial charge in [0.15, 0.2) is 0 Å². The monoisotopic (exact) mass is 248 g/mol. The van der Waals surface area contributed by atoms with Gasteiger partial charge in [-0.2, -0.15) is 0 Å². The van der Waals surface area contributed by atoms with E-state index in [9.17, 15) is 0 Å². The average molecular weight is 249 g/mol. The lowest BCUT2D eigenvalue weighted by atomic mass is 10.2. The molecule has 0 N–H and O–H groups in total. The molecule has 0 radical (unpaired) electrons. The number of hydrogen-bond acceptors (Lipinski definition) is 3. The van der Waals surface area contributed by atoms with Gasteiger partial charge in [0.25, 0.3) is 0 Å². The van der Waals surface area contributed by atoms with E-state index in [2.05, 4.69) is 9.97 Å². The molecule has 4 heteroatoms. The molecule has 17 heavy (non-hydrogen) atoms. The zero-order chi connectivity index (χ0) is 12.1. The number of nitrogens with zero attached hydrogens (tertiary/aromatic N) is 2. The molecule has 0 aliphatic heterocycles. The Morgan fingerprint density at radius 3 is 2.65 bits per heavy atom.